The highest BCUT2D eigenvalue weighted by atomic mass is 32.1. The summed E-state index contributed by atoms with van der Waals surface area (Å²) in [5.41, 5.74) is 3.44. The van der Waals surface area contributed by atoms with Gasteiger partial charge in [0.25, 0.3) is 0 Å². The van der Waals surface area contributed by atoms with Crippen molar-refractivity contribution in [3.05, 3.63) is 51.2 Å². The smallest absolute Gasteiger partial charge is 0.242 e. The van der Waals surface area contributed by atoms with Gasteiger partial charge in [0.15, 0.2) is 0 Å². The zero-order valence-corrected chi connectivity index (χ0v) is 21.5. The number of hydrogen-bond donors (Lipinski definition) is 0. The number of aryl methyl sites for hydroxylation is 2. The molecule has 0 radical (unpaired) electrons. The van der Waals surface area contributed by atoms with E-state index in [1.807, 2.05) is 37.8 Å². The minimum Gasteiger partial charge on any atom is -0.491 e. The Morgan fingerprint density at radius 2 is 2.09 bits per heavy atom. The van der Waals surface area contributed by atoms with E-state index < -0.39 is 0 Å². The third-order valence-electron chi connectivity index (χ3n) is 6.72. The van der Waals surface area contributed by atoms with Gasteiger partial charge in [-0.15, -0.1) is 11.3 Å². The zero-order chi connectivity index (χ0) is 24.2. The Kier molecular flexibility index (Phi) is 7.94. The number of carbonyl (C=O) groups excluding carboxylic acids is 2. The second kappa shape index (κ2) is 10.9. The van der Waals surface area contributed by atoms with Crippen molar-refractivity contribution in [1.29, 1.82) is 0 Å². The Hall–Kier alpha value is -2.38. The lowest BCUT2D eigenvalue weighted by molar-refractivity contribution is -0.145. The average Bonchev–Trinajstić information content (AvgIpc) is 3.49. The fraction of sp³-hybridized carbons (Fsp3) is 0.556. The van der Waals surface area contributed by atoms with E-state index in [0.29, 0.717) is 19.7 Å². The molecule has 6 nitrogen and oxygen atoms in total. The Balaban J connectivity index is 1.51. The van der Waals surface area contributed by atoms with Gasteiger partial charge in [-0.1, -0.05) is 31.5 Å². The van der Waals surface area contributed by atoms with E-state index in [1.54, 1.807) is 16.2 Å². The predicted octanol–water partition coefficient (Wildman–Crippen LogP) is 4.53. The van der Waals surface area contributed by atoms with Crippen LogP contribution in [-0.4, -0.2) is 60.6 Å². The van der Waals surface area contributed by atoms with Gasteiger partial charge in [0.1, 0.15) is 12.4 Å². The summed E-state index contributed by atoms with van der Waals surface area (Å²) in [6.45, 7) is 10.2. The molecule has 3 heterocycles. The van der Waals surface area contributed by atoms with Crippen LogP contribution in [0.2, 0.25) is 0 Å². The van der Waals surface area contributed by atoms with Crippen LogP contribution in [0.15, 0.2) is 29.6 Å². The fourth-order valence-corrected chi connectivity index (χ4v) is 5.82. The Morgan fingerprint density at radius 1 is 1.26 bits per heavy atom. The van der Waals surface area contributed by atoms with E-state index in [2.05, 4.69) is 24.4 Å². The molecule has 2 aliphatic heterocycles. The van der Waals surface area contributed by atoms with E-state index in [1.165, 1.54) is 10.4 Å². The molecule has 4 rings (SSSR count). The Labute approximate surface area is 206 Å². The lowest BCUT2D eigenvalue weighted by Crippen LogP contribution is -2.50. The molecule has 2 amide bonds. The lowest BCUT2D eigenvalue weighted by atomic mass is 10.00. The fourth-order valence-electron chi connectivity index (χ4n) is 4.89. The maximum Gasteiger partial charge on any atom is 0.242 e. The topological polar surface area (TPSA) is 59.1 Å². The summed E-state index contributed by atoms with van der Waals surface area (Å²) in [6.07, 6.45) is 2.80. The van der Waals surface area contributed by atoms with Crippen molar-refractivity contribution in [2.45, 2.75) is 59.1 Å². The number of nitrogens with zero attached hydrogens (tertiary/aromatic N) is 2. The molecular weight excluding hydrogens is 448 g/mol. The average molecular weight is 485 g/mol. The van der Waals surface area contributed by atoms with Crippen LogP contribution in [0.1, 0.15) is 54.3 Å². The van der Waals surface area contributed by atoms with Crippen LogP contribution in [0.5, 0.6) is 5.75 Å². The Bertz CT molecular complexity index is 1010. The Morgan fingerprint density at radius 3 is 2.79 bits per heavy atom. The van der Waals surface area contributed by atoms with Crippen molar-refractivity contribution < 1.29 is 19.1 Å². The maximum absolute atomic E-state index is 13.6. The maximum atomic E-state index is 13.6. The summed E-state index contributed by atoms with van der Waals surface area (Å²) in [6, 6.07) is 8.10. The summed E-state index contributed by atoms with van der Waals surface area (Å²) < 4.78 is 12.0. The van der Waals surface area contributed by atoms with Gasteiger partial charge < -0.3 is 19.3 Å². The summed E-state index contributed by atoms with van der Waals surface area (Å²) in [7, 11) is 0. The summed E-state index contributed by atoms with van der Waals surface area (Å²) in [5, 5.41) is 2.09. The minimum atomic E-state index is -0.165. The lowest BCUT2D eigenvalue weighted by Gasteiger charge is -2.37. The summed E-state index contributed by atoms with van der Waals surface area (Å²) in [4.78, 5) is 31.5. The van der Waals surface area contributed by atoms with Gasteiger partial charge in [0, 0.05) is 30.5 Å². The summed E-state index contributed by atoms with van der Waals surface area (Å²) >= 11 is 1.74. The first-order chi connectivity index (χ1) is 16.3. The van der Waals surface area contributed by atoms with Gasteiger partial charge in [0.2, 0.25) is 11.8 Å². The van der Waals surface area contributed by atoms with Crippen LogP contribution >= 0.6 is 11.3 Å². The molecule has 2 aromatic rings. The standard InChI is InChI=1S/C27H36N2O4S/c1-18(2)27(31)28(15-21-6-5-12-32-21)16-26(30)29-11-9-25-22(10-13-34-25)23(29)17-33-24-8-7-19(3)14-20(24)4/h7-8,10,13-14,18,21,23H,5-6,9,11-12,15-17H2,1-4H3/t21-,23-/m1/s1. The largest absolute Gasteiger partial charge is 0.491 e. The molecule has 34 heavy (non-hydrogen) atoms. The highest BCUT2D eigenvalue weighted by molar-refractivity contribution is 7.10. The molecule has 0 bridgehead atoms. The molecule has 2 atom stereocenters. The molecule has 0 unspecified atom stereocenters. The second-order valence-electron chi connectivity index (χ2n) is 9.74. The van der Waals surface area contributed by atoms with Gasteiger partial charge in [-0.05, 0) is 61.7 Å². The molecule has 1 aromatic heterocycles. The second-order valence-corrected chi connectivity index (χ2v) is 10.7. The number of carbonyl (C=O) groups is 2. The molecule has 184 valence electrons. The number of benzene rings is 1. The predicted molar refractivity (Wildman–Crippen MR) is 134 cm³/mol. The van der Waals surface area contributed by atoms with Gasteiger partial charge in [-0.3, -0.25) is 9.59 Å². The molecule has 0 spiro atoms. The zero-order valence-electron chi connectivity index (χ0n) is 20.7. The number of hydrogen-bond acceptors (Lipinski definition) is 5. The first-order valence-electron chi connectivity index (χ1n) is 12.3. The van der Waals surface area contributed by atoms with Crippen molar-refractivity contribution in [3.8, 4) is 5.75 Å². The van der Waals surface area contributed by atoms with Gasteiger partial charge in [-0.25, -0.2) is 0 Å². The molecule has 1 aromatic carbocycles. The van der Waals surface area contributed by atoms with Crippen LogP contribution in [0.25, 0.3) is 0 Å². The highest BCUT2D eigenvalue weighted by Gasteiger charge is 2.34. The third-order valence-corrected chi connectivity index (χ3v) is 7.72. The number of fused-ring (bicyclic) bond motifs is 1. The quantitative estimate of drug-likeness (QED) is 0.552. The van der Waals surface area contributed by atoms with Crippen molar-refractivity contribution in [1.82, 2.24) is 9.80 Å². The van der Waals surface area contributed by atoms with Crippen LogP contribution in [-0.2, 0) is 20.7 Å². The van der Waals surface area contributed by atoms with E-state index in [9.17, 15) is 9.59 Å². The molecule has 7 heteroatoms. The first-order valence-corrected chi connectivity index (χ1v) is 13.2. The van der Waals surface area contributed by atoms with Crippen LogP contribution in [0.3, 0.4) is 0 Å². The number of thiophene rings is 1. The highest BCUT2D eigenvalue weighted by Crippen LogP contribution is 2.34. The molecule has 2 aliphatic rings. The van der Waals surface area contributed by atoms with Crippen molar-refractivity contribution in [2.75, 3.05) is 32.8 Å². The van der Waals surface area contributed by atoms with Crippen LogP contribution in [0, 0.1) is 19.8 Å². The summed E-state index contributed by atoms with van der Waals surface area (Å²) in [5.74, 6) is 0.649. The molecule has 0 aliphatic carbocycles. The van der Waals surface area contributed by atoms with Crippen LogP contribution in [0.4, 0.5) is 0 Å². The first kappa shape index (κ1) is 24.7. The molecule has 0 N–H and O–H groups in total. The number of ether oxygens (including phenoxy) is 2. The molecule has 1 fully saturated rings. The number of amides is 2. The molecular formula is C27H36N2O4S. The van der Waals surface area contributed by atoms with Crippen molar-refractivity contribution in [3.63, 3.8) is 0 Å². The SMILES string of the molecule is Cc1ccc(OC[C@@H]2c3ccsc3CCN2C(=O)CN(C[C@H]2CCCO2)C(=O)C(C)C)c(C)c1. The molecule has 0 saturated carbocycles. The van der Waals surface area contributed by atoms with Gasteiger partial charge >= 0.3 is 0 Å². The normalized spacial score (nSPS) is 19.9. The molecule has 1 saturated heterocycles. The van der Waals surface area contributed by atoms with Crippen molar-refractivity contribution >= 4 is 23.2 Å². The minimum absolute atomic E-state index is 0.000150. The van der Waals surface area contributed by atoms with Crippen molar-refractivity contribution in [2.24, 2.45) is 5.92 Å². The van der Waals surface area contributed by atoms with E-state index >= 15 is 0 Å². The van der Waals surface area contributed by atoms with E-state index in [-0.39, 0.29) is 36.4 Å². The van der Waals surface area contributed by atoms with Crippen LogP contribution < -0.4 is 4.74 Å². The van der Waals surface area contributed by atoms with Gasteiger partial charge in [0.05, 0.1) is 18.7 Å². The van der Waals surface area contributed by atoms with Gasteiger partial charge in [-0.2, -0.15) is 0 Å². The third kappa shape index (κ3) is 5.63. The number of rotatable bonds is 8. The van der Waals surface area contributed by atoms with E-state index in [0.717, 1.165) is 42.7 Å². The monoisotopic (exact) mass is 484 g/mol. The van der Waals surface area contributed by atoms with E-state index in [4.69, 9.17) is 9.47 Å².